The molecule has 0 saturated carbocycles. The van der Waals surface area contributed by atoms with Gasteiger partial charge in [0, 0.05) is 18.8 Å². The van der Waals surface area contributed by atoms with E-state index in [0.717, 1.165) is 4.31 Å². The van der Waals surface area contributed by atoms with Crippen molar-refractivity contribution in [1.82, 2.24) is 4.31 Å². The quantitative estimate of drug-likeness (QED) is 0.869. The molecule has 1 atom stereocenters. The highest BCUT2D eigenvalue weighted by Crippen LogP contribution is 2.34. The van der Waals surface area contributed by atoms with Gasteiger partial charge < -0.3 is 5.73 Å². The Labute approximate surface area is 121 Å². The van der Waals surface area contributed by atoms with Gasteiger partial charge in [-0.2, -0.15) is 13.2 Å². The predicted molar refractivity (Wildman–Crippen MR) is 73.8 cm³/mol. The molecule has 1 saturated heterocycles. The van der Waals surface area contributed by atoms with E-state index in [2.05, 4.69) is 0 Å². The number of hydrogen-bond donors (Lipinski definition) is 1. The average molecular weight is 322 g/mol. The fraction of sp³-hybridized carbons (Fsp3) is 0.538. The average Bonchev–Trinajstić information content (AvgIpc) is 2.37. The van der Waals surface area contributed by atoms with E-state index in [1.165, 1.54) is 6.07 Å². The lowest BCUT2D eigenvalue weighted by Gasteiger charge is -2.32. The van der Waals surface area contributed by atoms with Crippen molar-refractivity contribution in [1.29, 1.82) is 0 Å². The number of sulfonamides is 1. The van der Waals surface area contributed by atoms with Gasteiger partial charge in [0.15, 0.2) is 0 Å². The fourth-order valence-electron chi connectivity index (χ4n) is 2.45. The summed E-state index contributed by atoms with van der Waals surface area (Å²) in [4.78, 5) is 0. The molecule has 0 radical (unpaired) electrons. The van der Waals surface area contributed by atoms with Gasteiger partial charge in [0.25, 0.3) is 0 Å². The number of piperidine rings is 1. The monoisotopic (exact) mass is 322 g/mol. The molecule has 8 heteroatoms. The highest BCUT2D eigenvalue weighted by atomic mass is 32.2. The molecule has 1 heterocycles. The van der Waals surface area contributed by atoms with Crippen LogP contribution in [-0.2, 0) is 15.8 Å². The molecule has 118 valence electrons. The SMILES string of the molecule is Nc1cccc(CS(=O)(=O)N2CCCC(C(F)(F)F)C2)c1. The first-order valence-corrected chi connectivity index (χ1v) is 8.18. The van der Waals surface area contributed by atoms with E-state index in [4.69, 9.17) is 5.73 Å². The third-order valence-corrected chi connectivity index (χ3v) is 5.36. The zero-order chi connectivity index (χ0) is 15.7. The zero-order valence-corrected chi connectivity index (χ0v) is 12.1. The molecule has 0 aliphatic carbocycles. The molecule has 4 nitrogen and oxygen atoms in total. The third-order valence-electron chi connectivity index (χ3n) is 3.54. The summed E-state index contributed by atoms with van der Waals surface area (Å²) in [7, 11) is -3.77. The van der Waals surface area contributed by atoms with Gasteiger partial charge in [0.2, 0.25) is 10.0 Å². The largest absolute Gasteiger partial charge is 0.399 e. The molecule has 0 spiro atoms. The number of benzene rings is 1. The van der Waals surface area contributed by atoms with E-state index in [9.17, 15) is 21.6 Å². The molecule has 2 N–H and O–H groups in total. The van der Waals surface area contributed by atoms with Crippen molar-refractivity contribution in [3.05, 3.63) is 29.8 Å². The van der Waals surface area contributed by atoms with E-state index >= 15 is 0 Å². The Hall–Kier alpha value is -1.28. The summed E-state index contributed by atoms with van der Waals surface area (Å²) < 4.78 is 63.7. The van der Waals surface area contributed by atoms with Crippen LogP contribution < -0.4 is 5.73 Å². The molecule has 2 rings (SSSR count). The summed E-state index contributed by atoms with van der Waals surface area (Å²) in [5, 5.41) is 0. The van der Waals surface area contributed by atoms with Crippen LogP contribution in [0, 0.1) is 5.92 Å². The molecule has 0 aromatic heterocycles. The zero-order valence-electron chi connectivity index (χ0n) is 11.3. The van der Waals surface area contributed by atoms with Crippen LogP contribution in [0.2, 0.25) is 0 Å². The maximum atomic E-state index is 12.7. The van der Waals surface area contributed by atoms with Crippen molar-refractivity contribution >= 4 is 15.7 Å². The van der Waals surface area contributed by atoms with Crippen molar-refractivity contribution in [3.63, 3.8) is 0 Å². The standard InChI is InChI=1S/C13H17F3N2O2S/c14-13(15,16)11-4-2-6-18(8-11)21(19,20)9-10-3-1-5-12(17)7-10/h1,3,5,7,11H,2,4,6,8-9,17H2. The van der Waals surface area contributed by atoms with Crippen LogP contribution in [-0.4, -0.2) is 32.0 Å². The number of nitrogens with two attached hydrogens (primary N) is 1. The molecule has 1 aliphatic heterocycles. The number of hydrogen-bond acceptors (Lipinski definition) is 3. The molecule has 1 aromatic carbocycles. The highest BCUT2D eigenvalue weighted by molar-refractivity contribution is 7.88. The maximum absolute atomic E-state index is 12.7. The summed E-state index contributed by atoms with van der Waals surface area (Å²) >= 11 is 0. The number of alkyl halides is 3. The van der Waals surface area contributed by atoms with Gasteiger partial charge in [-0.1, -0.05) is 12.1 Å². The summed E-state index contributed by atoms with van der Waals surface area (Å²) in [6.45, 7) is -0.356. The van der Waals surface area contributed by atoms with Crippen LogP contribution in [0.25, 0.3) is 0 Å². The van der Waals surface area contributed by atoms with Crippen molar-refractivity contribution in [2.75, 3.05) is 18.8 Å². The van der Waals surface area contributed by atoms with Gasteiger partial charge in [-0.25, -0.2) is 12.7 Å². The van der Waals surface area contributed by atoms with E-state index in [0.29, 0.717) is 11.3 Å². The Bertz CT molecular complexity index is 602. The van der Waals surface area contributed by atoms with Gasteiger partial charge >= 0.3 is 6.18 Å². The molecule has 1 unspecified atom stereocenters. The minimum atomic E-state index is -4.36. The highest BCUT2D eigenvalue weighted by Gasteiger charge is 2.43. The maximum Gasteiger partial charge on any atom is 0.393 e. The Morgan fingerprint density at radius 1 is 1.33 bits per heavy atom. The second-order valence-electron chi connectivity index (χ2n) is 5.24. The van der Waals surface area contributed by atoms with Crippen molar-refractivity contribution < 1.29 is 21.6 Å². The minimum absolute atomic E-state index is 0.0200. The number of halogens is 3. The van der Waals surface area contributed by atoms with Crippen LogP contribution in [0.15, 0.2) is 24.3 Å². The first-order valence-electron chi connectivity index (χ1n) is 6.57. The lowest BCUT2D eigenvalue weighted by molar-refractivity contribution is -0.182. The van der Waals surface area contributed by atoms with E-state index < -0.39 is 28.7 Å². The first kappa shape index (κ1) is 16.1. The van der Waals surface area contributed by atoms with Gasteiger partial charge in [-0.15, -0.1) is 0 Å². The number of nitrogen functional groups attached to an aromatic ring is 1. The molecule has 1 fully saturated rings. The summed E-state index contributed by atoms with van der Waals surface area (Å²) in [5.74, 6) is -1.91. The Kier molecular flexibility index (Phi) is 4.48. The van der Waals surface area contributed by atoms with Crippen LogP contribution >= 0.6 is 0 Å². The molecular weight excluding hydrogens is 305 g/mol. The molecular formula is C13H17F3N2O2S. The van der Waals surface area contributed by atoms with Crippen LogP contribution in [0.1, 0.15) is 18.4 Å². The molecule has 1 aromatic rings. The predicted octanol–water partition coefficient (Wildman–Crippen LogP) is 2.37. The van der Waals surface area contributed by atoms with Crippen molar-refractivity contribution in [2.45, 2.75) is 24.8 Å². The number of rotatable bonds is 3. The first-order chi connectivity index (χ1) is 9.68. The Morgan fingerprint density at radius 3 is 2.67 bits per heavy atom. The second kappa shape index (κ2) is 5.84. The smallest absolute Gasteiger partial charge is 0.393 e. The normalized spacial score (nSPS) is 21.4. The number of nitrogens with zero attached hydrogens (tertiary/aromatic N) is 1. The van der Waals surface area contributed by atoms with Crippen LogP contribution in [0.3, 0.4) is 0 Å². The minimum Gasteiger partial charge on any atom is -0.399 e. The van der Waals surface area contributed by atoms with Gasteiger partial charge in [-0.3, -0.25) is 0 Å². The topological polar surface area (TPSA) is 63.4 Å². The van der Waals surface area contributed by atoms with Crippen LogP contribution in [0.4, 0.5) is 18.9 Å². The molecule has 0 bridgehead atoms. The van der Waals surface area contributed by atoms with E-state index in [-0.39, 0.29) is 25.1 Å². The third kappa shape index (κ3) is 4.10. The van der Waals surface area contributed by atoms with Gasteiger partial charge in [0.1, 0.15) is 0 Å². The summed E-state index contributed by atoms with van der Waals surface area (Å²) in [5.41, 5.74) is 6.48. The lowest BCUT2D eigenvalue weighted by atomic mass is 9.99. The lowest BCUT2D eigenvalue weighted by Crippen LogP contribution is -2.44. The fourth-order valence-corrected chi connectivity index (χ4v) is 4.04. The van der Waals surface area contributed by atoms with Crippen molar-refractivity contribution in [3.8, 4) is 0 Å². The Morgan fingerprint density at radius 2 is 2.05 bits per heavy atom. The summed E-state index contributed by atoms with van der Waals surface area (Å²) in [6, 6.07) is 6.35. The molecule has 21 heavy (non-hydrogen) atoms. The van der Waals surface area contributed by atoms with Crippen LogP contribution in [0.5, 0.6) is 0 Å². The Balaban J connectivity index is 2.12. The van der Waals surface area contributed by atoms with Crippen molar-refractivity contribution in [2.24, 2.45) is 5.92 Å². The second-order valence-corrected chi connectivity index (χ2v) is 7.21. The van der Waals surface area contributed by atoms with E-state index in [1.807, 2.05) is 0 Å². The summed E-state index contributed by atoms with van der Waals surface area (Å²) in [6.07, 6.45) is -4.15. The number of anilines is 1. The molecule has 1 aliphatic rings. The van der Waals surface area contributed by atoms with Gasteiger partial charge in [0.05, 0.1) is 11.7 Å². The van der Waals surface area contributed by atoms with E-state index in [1.54, 1.807) is 18.2 Å². The molecule has 0 amide bonds. The van der Waals surface area contributed by atoms with Gasteiger partial charge in [-0.05, 0) is 30.5 Å².